The van der Waals surface area contributed by atoms with Crippen LogP contribution in [0.5, 0.6) is 5.75 Å². The number of hydrogen-bond acceptors (Lipinski definition) is 5. The third-order valence-electron chi connectivity index (χ3n) is 3.62. The average Bonchev–Trinajstić information content (AvgIpc) is 2.67. The van der Waals surface area contributed by atoms with E-state index in [-0.39, 0.29) is 0 Å². The van der Waals surface area contributed by atoms with Crippen molar-refractivity contribution < 1.29 is 4.74 Å². The molecule has 5 heteroatoms. The number of aromatic nitrogens is 3. The predicted molar refractivity (Wildman–Crippen MR) is 97.2 cm³/mol. The number of aryl methyl sites for hydroxylation is 1. The smallest absolute Gasteiger partial charge is 0.160 e. The van der Waals surface area contributed by atoms with Gasteiger partial charge in [-0.2, -0.15) is 0 Å². The zero-order valence-corrected chi connectivity index (χ0v) is 14.6. The van der Waals surface area contributed by atoms with E-state index < -0.39 is 0 Å². The van der Waals surface area contributed by atoms with Gasteiger partial charge in [0.1, 0.15) is 10.8 Å². The van der Waals surface area contributed by atoms with E-state index in [1.165, 1.54) is 0 Å². The molecule has 122 valence electrons. The van der Waals surface area contributed by atoms with Crippen molar-refractivity contribution in [2.75, 3.05) is 7.11 Å². The average molecular weight is 337 g/mol. The van der Waals surface area contributed by atoms with Crippen molar-refractivity contribution in [1.29, 1.82) is 0 Å². The van der Waals surface area contributed by atoms with Crippen LogP contribution < -0.4 is 4.74 Å². The third-order valence-corrected chi connectivity index (χ3v) is 4.58. The van der Waals surface area contributed by atoms with Crippen molar-refractivity contribution in [1.82, 2.24) is 15.0 Å². The van der Waals surface area contributed by atoms with Crippen LogP contribution in [0, 0.1) is 0 Å². The van der Waals surface area contributed by atoms with Crippen LogP contribution in [0.4, 0.5) is 0 Å². The van der Waals surface area contributed by atoms with Gasteiger partial charge in [0.15, 0.2) is 5.82 Å². The van der Waals surface area contributed by atoms with E-state index in [0.717, 1.165) is 45.6 Å². The Morgan fingerprint density at radius 2 is 1.83 bits per heavy atom. The van der Waals surface area contributed by atoms with Crippen LogP contribution in [-0.4, -0.2) is 22.1 Å². The van der Waals surface area contributed by atoms with Gasteiger partial charge in [0.25, 0.3) is 0 Å². The number of hydrogen-bond donors (Lipinski definition) is 0. The molecule has 0 amide bonds. The second-order valence-electron chi connectivity index (χ2n) is 5.21. The lowest BCUT2D eigenvalue weighted by molar-refractivity contribution is 0.411. The molecule has 0 aliphatic carbocycles. The number of pyridine rings is 1. The first kappa shape index (κ1) is 16.5. The second-order valence-corrected chi connectivity index (χ2v) is 6.21. The highest BCUT2D eigenvalue weighted by Gasteiger charge is 2.08. The van der Waals surface area contributed by atoms with E-state index >= 15 is 0 Å². The molecule has 3 aromatic rings. The molecule has 0 fully saturated rings. The van der Waals surface area contributed by atoms with Gasteiger partial charge in [-0.1, -0.05) is 25.1 Å². The van der Waals surface area contributed by atoms with Crippen molar-refractivity contribution in [3.63, 3.8) is 0 Å². The number of methoxy groups -OCH3 is 1. The van der Waals surface area contributed by atoms with Crippen molar-refractivity contribution in [3.8, 4) is 17.1 Å². The molecule has 2 aromatic heterocycles. The van der Waals surface area contributed by atoms with Gasteiger partial charge in [0, 0.05) is 35.0 Å². The molecule has 0 unspecified atom stereocenters. The Bertz CT molecular complexity index is 809. The highest BCUT2D eigenvalue weighted by Crippen LogP contribution is 2.28. The maximum Gasteiger partial charge on any atom is 0.160 e. The summed E-state index contributed by atoms with van der Waals surface area (Å²) in [5.41, 5.74) is 3.19. The molecule has 1 aromatic carbocycles. The summed E-state index contributed by atoms with van der Waals surface area (Å²) < 4.78 is 5.42. The Morgan fingerprint density at radius 1 is 1.04 bits per heavy atom. The minimum Gasteiger partial charge on any atom is -0.496 e. The van der Waals surface area contributed by atoms with Gasteiger partial charge in [-0.3, -0.25) is 4.98 Å². The molecule has 0 bridgehead atoms. The number of rotatable bonds is 6. The van der Waals surface area contributed by atoms with Crippen LogP contribution in [0.15, 0.2) is 59.9 Å². The van der Waals surface area contributed by atoms with E-state index in [1.54, 1.807) is 31.3 Å². The molecule has 0 aliphatic rings. The highest BCUT2D eigenvalue weighted by atomic mass is 32.2. The Labute approximate surface area is 146 Å². The molecular weight excluding hydrogens is 318 g/mol. The number of thioether (sulfide) groups is 1. The van der Waals surface area contributed by atoms with Gasteiger partial charge >= 0.3 is 0 Å². The van der Waals surface area contributed by atoms with E-state index in [0.29, 0.717) is 0 Å². The quantitative estimate of drug-likeness (QED) is 0.493. The SMILES string of the molecule is CCc1cc(SCc2ccccc2OC)nc(-c2ccncc2)n1. The summed E-state index contributed by atoms with van der Waals surface area (Å²) in [5.74, 6) is 2.46. The van der Waals surface area contributed by atoms with Gasteiger partial charge in [-0.25, -0.2) is 9.97 Å². The molecule has 0 spiro atoms. The van der Waals surface area contributed by atoms with Gasteiger partial charge in [0.05, 0.1) is 7.11 Å². The molecule has 0 radical (unpaired) electrons. The molecule has 3 rings (SSSR count). The van der Waals surface area contributed by atoms with Crippen LogP contribution >= 0.6 is 11.8 Å². The molecule has 24 heavy (non-hydrogen) atoms. The normalized spacial score (nSPS) is 10.6. The summed E-state index contributed by atoms with van der Waals surface area (Å²) in [5, 5.41) is 0.972. The van der Waals surface area contributed by atoms with E-state index in [9.17, 15) is 0 Å². The lowest BCUT2D eigenvalue weighted by Gasteiger charge is -2.09. The molecule has 0 N–H and O–H groups in total. The maximum atomic E-state index is 5.42. The molecule has 0 aliphatic heterocycles. The number of nitrogens with zero attached hydrogens (tertiary/aromatic N) is 3. The maximum absolute atomic E-state index is 5.42. The van der Waals surface area contributed by atoms with Crippen molar-refractivity contribution in [3.05, 3.63) is 66.1 Å². The lowest BCUT2D eigenvalue weighted by atomic mass is 10.2. The van der Waals surface area contributed by atoms with E-state index in [2.05, 4.69) is 29.0 Å². The number of ether oxygens (including phenoxy) is 1. The van der Waals surface area contributed by atoms with Crippen LogP contribution in [0.2, 0.25) is 0 Å². The van der Waals surface area contributed by atoms with Gasteiger partial charge in [-0.05, 0) is 30.7 Å². The Morgan fingerprint density at radius 3 is 2.58 bits per heavy atom. The number of benzene rings is 1. The Balaban J connectivity index is 1.85. The van der Waals surface area contributed by atoms with Crippen molar-refractivity contribution >= 4 is 11.8 Å². The summed E-state index contributed by atoms with van der Waals surface area (Å²) in [6, 6.07) is 14.0. The lowest BCUT2D eigenvalue weighted by Crippen LogP contribution is -1.97. The van der Waals surface area contributed by atoms with Gasteiger partial charge in [-0.15, -0.1) is 11.8 Å². The van der Waals surface area contributed by atoms with Crippen LogP contribution in [0.3, 0.4) is 0 Å². The fourth-order valence-electron chi connectivity index (χ4n) is 2.33. The molecule has 2 heterocycles. The zero-order valence-electron chi connectivity index (χ0n) is 13.8. The van der Waals surface area contributed by atoms with E-state index in [4.69, 9.17) is 9.72 Å². The van der Waals surface area contributed by atoms with Crippen LogP contribution in [-0.2, 0) is 12.2 Å². The molecule has 0 saturated carbocycles. The molecule has 4 nitrogen and oxygen atoms in total. The Kier molecular flexibility index (Phi) is 5.43. The summed E-state index contributed by atoms with van der Waals surface area (Å²) >= 11 is 1.69. The highest BCUT2D eigenvalue weighted by molar-refractivity contribution is 7.98. The molecular formula is C19H19N3OS. The standard InChI is InChI=1S/C19H19N3OS/c1-3-16-12-18(22-19(21-16)14-8-10-20-11-9-14)24-13-15-6-4-5-7-17(15)23-2/h4-12H,3,13H2,1-2H3. The first-order chi connectivity index (χ1) is 11.8. The summed E-state index contributed by atoms with van der Waals surface area (Å²) in [7, 11) is 1.70. The first-order valence-corrected chi connectivity index (χ1v) is 8.81. The fourth-order valence-corrected chi connectivity index (χ4v) is 3.24. The Hall–Kier alpha value is -2.40. The zero-order chi connectivity index (χ0) is 16.8. The number of para-hydroxylation sites is 1. The molecule has 0 atom stereocenters. The van der Waals surface area contributed by atoms with Crippen molar-refractivity contribution in [2.45, 2.75) is 24.1 Å². The van der Waals surface area contributed by atoms with Crippen LogP contribution in [0.1, 0.15) is 18.2 Å². The van der Waals surface area contributed by atoms with Crippen molar-refractivity contribution in [2.24, 2.45) is 0 Å². The summed E-state index contributed by atoms with van der Waals surface area (Å²) in [6.07, 6.45) is 4.40. The van der Waals surface area contributed by atoms with Gasteiger partial charge in [0.2, 0.25) is 0 Å². The minimum absolute atomic E-state index is 0.749. The topological polar surface area (TPSA) is 47.9 Å². The minimum atomic E-state index is 0.749. The monoisotopic (exact) mass is 337 g/mol. The van der Waals surface area contributed by atoms with Gasteiger partial charge < -0.3 is 4.74 Å². The van der Waals surface area contributed by atoms with E-state index in [1.807, 2.05) is 30.3 Å². The molecule has 0 saturated heterocycles. The fraction of sp³-hybridized carbons (Fsp3) is 0.211. The summed E-state index contributed by atoms with van der Waals surface area (Å²) in [4.78, 5) is 13.4. The first-order valence-electron chi connectivity index (χ1n) is 7.83. The second kappa shape index (κ2) is 7.93. The predicted octanol–water partition coefficient (Wildman–Crippen LogP) is 4.40. The van der Waals surface area contributed by atoms with Crippen LogP contribution in [0.25, 0.3) is 11.4 Å². The largest absolute Gasteiger partial charge is 0.496 e. The third kappa shape index (κ3) is 3.92. The summed E-state index contributed by atoms with van der Waals surface area (Å²) in [6.45, 7) is 2.10.